The van der Waals surface area contributed by atoms with Crippen molar-refractivity contribution in [2.24, 2.45) is 0 Å². The Bertz CT molecular complexity index is 1100. The van der Waals surface area contributed by atoms with Crippen molar-refractivity contribution in [1.82, 2.24) is 9.55 Å². The number of benzene rings is 2. The van der Waals surface area contributed by atoms with Gasteiger partial charge in [0.2, 0.25) is 0 Å². The number of aryl methyl sites for hydroxylation is 2. The molecule has 2 aromatic carbocycles. The summed E-state index contributed by atoms with van der Waals surface area (Å²) in [6.45, 7) is 2.97. The summed E-state index contributed by atoms with van der Waals surface area (Å²) >= 11 is 9.66. The van der Waals surface area contributed by atoms with Crippen LogP contribution < -0.4 is 10.3 Å². The van der Waals surface area contributed by atoms with Crippen molar-refractivity contribution in [2.45, 2.75) is 19.9 Å². The standard InChI is InChI=1S/C18H16BrClN2O2.C2H2O4/c1-12-9-14(19)17(15(20)10-12)24-8-4-7-22-11-21-16-6-3-2-5-13(16)18(22)23;3-1(4)2(5)6/h2-3,5-6,9-11H,4,7-8H2,1H3;(H,3,4)(H,5,6). The van der Waals surface area contributed by atoms with Crippen molar-refractivity contribution in [1.29, 1.82) is 0 Å². The number of hydrogen-bond acceptors (Lipinski definition) is 5. The van der Waals surface area contributed by atoms with Gasteiger partial charge in [-0.2, -0.15) is 0 Å². The highest BCUT2D eigenvalue weighted by atomic mass is 79.9. The second kappa shape index (κ2) is 10.7. The predicted molar refractivity (Wildman–Crippen MR) is 115 cm³/mol. The van der Waals surface area contributed by atoms with E-state index in [0.29, 0.717) is 41.2 Å². The summed E-state index contributed by atoms with van der Waals surface area (Å²) in [5, 5.41) is 16.0. The number of fused-ring (bicyclic) bond motifs is 1. The zero-order valence-electron chi connectivity index (χ0n) is 15.8. The average molecular weight is 498 g/mol. The van der Waals surface area contributed by atoms with Gasteiger partial charge in [0.25, 0.3) is 5.56 Å². The molecule has 158 valence electrons. The number of hydrogen-bond donors (Lipinski definition) is 2. The van der Waals surface area contributed by atoms with E-state index in [0.717, 1.165) is 10.0 Å². The van der Waals surface area contributed by atoms with Crippen LogP contribution in [0.1, 0.15) is 12.0 Å². The van der Waals surface area contributed by atoms with Gasteiger partial charge in [0, 0.05) is 6.54 Å². The zero-order valence-corrected chi connectivity index (χ0v) is 18.2. The number of aliphatic carboxylic acids is 2. The first-order chi connectivity index (χ1) is 14.2. The maximum atomic E-state index is 12.4. The molecule has 0 spiro atoms. The Balaban J connectivity index is 0.000000469. The predicted octanol–water partition coefficient (Wildman–Crippen LogP) is 3.75. The lowest BCUT2D eigenvalue weighted by Gasteiger charge is -2.11. The molecule has 2 N–H and O–H groups in total. The van der Waals surface area contributed by atoms with Crippen LogP contribution in [-0.4, -0.2) is 38.3 Å². The molecule has 0 aliphatic carbocycles. The third kappa shape index (κ3) is 6.30. The summed E-state index contributed by atoms with van der Waals surface area (Å²) in [6.07, 6.45) is 2.26. The minimum absolute atomic E-state index is 0.0323. The number of para-hydroxylation sites is 1. The molecule has 10 heteroatoms. The SMILES string of the molecule is Cc1cc(Cl)c(OCCCn2cnc3ccccc3c2=O)c(Br)c1.O=C(O)C(=O)O. The molecule has 0 radical (unpaired) electrons. The number of ether oxygens (including phenoxy) is 1. The van der Waals surface area contributed by atoms with Gasteiger partial charge in [-0.15, -0.1) is 0 Å². The molecule has 0 amide bonds. The van der Waals surface area contributed by atoms with Crippen molar-refractivity contribution in [3.8, 4) is 5.75 Å². The third-order valence-corrected chi connectivity index (χ3v) is 4.72. The minimum atomic E-state index is -1.82. The van der Waals surface area contributed by atoms with E-state index in [2.05, 4.69) is 20.9 Å². The fraction of sp³-hybridized carbons (Fsp3) is 0.200. The molecular weight excluding hydrogens is 480 g/mol. The number of carbonyl (C=O) groups is 2. The number of halogens is 2. The van der Waals surface area contributed by atoms with Crippen LogP contribution in [0.15, 0.2) is 52.0 Å². The number of carboxylic acid groups (broad SMARTS) is 2. The highest BCUT2D eigenvalue weighted by molar-refractivity contribution is 9.10. The second-order valence-electron chi connectivity index (χ2n) is 6.13. The van der Waals surface area contributed by atoms with Crippen molar-refractivity contribution in [3.63, 3.8) is 0 Å². The molecule has 3 aromatic rings. The summed E-state index contributed by atoms with van der Waals surface area (Å²) in [6, 6.07) is 11.2. The molecule has 0 fully saturated rings. The molecule has 0 atom stereocenters. The summed E-state index contributed by atoms with van der Waals surface area (Å²) < 4.78 is 8.20. The van der Waals surface area contributed by atoms with Crippen LogP contribution in [0.25, 0.3) is 10.9 Å². The van der Waals surface area contributed by atoms with Gasteiger partial charge in [0.05, 0.1) is 33.3 Å². The van der Waals surface area contributed by atoms with Crippen LogP contribution in [0.3, 0.4) is 0 Å². The fourth-order valence-corrected chi connectivity index (χ4v) is 3.63. The van der Waals surface area contributed by atoms with Crippen LogP contribution >= 0.6 is 27.5 Å². The Kier molecular flexibility index (Phi) is 8.37. The molecule has 1 aromatic heterocycles. The number of rotatable bonds is 5. The Morgan fingerprint density at radius 1 is 1.20 bits per heavy atom. The van der Waals surface area contributed by atoms with Crippen LogP contribution in [0.5, 0.6) is 5.75 Å². The second-order valence-corrected chi connectivity index (χ2v) is 7.39. The first-order valence-corrected chi connectivity index (χ1v) is 9.86. The van der Waals surface area contributed by atoms with Gasteiger partial charge in [-0.25, -0.2) is 14.6 Å². The Hall–Kier alpha value is -2.91. The van der Waals surface area contributed by atoms with Gasteiger partial charge < -0.3 is 14.9 Å². The molecule has 0 unspecified atom stereocenters. The molecule has 0 aliphatic heterocycles. The molecule has 8 nitrogen and oxygen atoms in total. The smallest absolute Gasteiger partial charge is 0.414 e. The quantitative estimate of drug-likeness (QED) is 0.407. The van der Waals surface area contributed by atoms with E-state index in [9.17, 15) is 4.79 Å². The largest absolute Gasteiger partial charge is 0.491 e. The molecule has 30 heavy (non-hydrogen) atoms. The van der Waals surface area contributed by atoms with Gasteiger partial charge >= 0.3 is 11.9 Å². The van der Waals surface area contributed by atoms with E-state index in [1.165, 1.54) is 0 Å². The molecule has 0 saturated heterocycles. The molecular formula is C20H18BrClN2O6. The maximum Gasteiger partial charge on any atom is 0.414 e. The van der Waals surface area contributed by atoms with Crippen LogP contribution in [-0.2, 0) is 16.1 Å². The highest BCUT2D eigenvalue weighted by Crippen LogP contribution is 2.34. The van der Waals surface area contributed by atoms with Gasteiger partial charge in [0.15, 0.2) is 5.75 Å². The molecule has 0 saturated carbocycles. The first-order valence-electron chi connectivity index (χ1n) is 8.69. The number of aromatic nitrogens is 2. The molecule has 0 bridgehead atoms. The first kappa shape index (κ1) is 23.4. The Labute approximate surface area is 184 Å². The highest BCUT2D eigenvalue weighted by Gasteiger charge is 2.08. The topological polar surface area (TPSA) is 119 Å². The maximum absolute atomic E-state index is 12.4. The number of carboxylic acids is 2. The normalized spacial score (nSPS) is 10.2. The van der Waals surface area contributed by atoms with Crippen LogP contribution in [0, 0.1) is 6.92 Å². The van der Waals surface area contributed by atoms with Crippen LogP contribution in [0.4, 0.5) is 0 Å². The van der Waals surface area contributed by atoms with Gasteiger partial charge in [-0.3, -0.25) is 9.36 Å². The summed E-state index contributed by atoms with van der Waals surface area (Å²) in [5.41, 5.74) is 1.74. The van der Waals surface area contributed by atoms with E-state index in [4.69, 9.17) is 36.1 Å². The summed E-state index contributed by atoms with van der Waals surface area (Å²) in [4.78, 5) is 34.9. The zero-order chi connectivity index (χ0) is 22.3. The molecule has 0 aliphatic rings. The van der Waals surface area contributed by atoms with Crippen LogP contribution in [0.2, 0.25) is 5.02 Å². The fourth-order valence-electron chi connectivity index (χ4n) is 2.50. The molecule has 1 heterocycles. The minimum Gasteiger partial charge on any atom is -0.491 e. The summed E-state index contributed by atoms with van der Waals surface area (Å²) in [7, 11) is 0. The van der Waals surface area contributed by atoms with E-state index >= 15 is 0 Å². The molecule has 3 rings (SSSR count). The van der Waals surface area contributed by atoms with E-state index in [-0.39, 0.29) is 5.56 Å². The summed E-state index contributed by atoms with van der Waals surface area (Å²) in [5.74, 6) is -3.02. The van der Waals surface area contributed by atoms with Gasteiger partial charge in [-0.05, 0) is 59.1 Å². The van der Waals surface area contributed by atoms with Crippen molar-refractivity contribution in [2.75, 3.05) is 6.61 Å². The van der Waals surface area contributed by atoms with Gasteiger partial charge in [0.1, 0.15) is 0 Å². The monoisotopic (exact) mass is 496 g/mol. The lowest BCUT2D eigenvalue weighted by atomic mass is 10.2. The van der Waals surface area contributed by atoms with Crippen molar-refractivity contribution in [3.05, 3.63) is 68.1 Å². The van der Waals surface area contributed by atoms with Gasteiger partial charge in [-0.1, -0.05) is 23.7 Å². The lowest BCUT2D eigenvalue weighted by Crippen LogP contribution is -2.21. The Morgan fingerprint density at radius 2 is 1.87 bits per heavy atom. The third-order valence-electron chi connectivity index (χ3n) is 3.85. The average Bonchev–Trinajstić information content (AvgIpc) is 2.68. The lowest BCUT2D eigenvalue weighted by molar-refractivity contribution is -0.159. The van der Waals surface area contributed by atoms with E-state index in [1.54, 1.807) is 17.0 Å². The number of nitrogens with zero attached hydrogens (tertiary/aromatic N) is 2. The van der Waals surface area contributed by atoms with E-state index in [1.807, 2.05) is 37.3 Å². The van der Waals surface area contributed by atoms with E-state index < -0.39 is 11.9 Å². The Morgan fingerprint density at radius 3 is 2.50 bits per heavy atom. The van der Waals surface area contributed by atoms with Crippen molar-refractivity contribution < 1.29 is 24.5 Å². The van der Waals surface area contributed by atoms with Crippen molar-refractivity contribution >= 4 is 50.4 Å².